The number of halogens is 5. The van der Waals surface area contributed by atoms with E-state index in [0.29, 0.717) is 5.56 Å². The Balaban J connectivity index is 0.00000242. The third kappa shape index (κ3) is 4.51. The average molecular weight is 357 g/mol. The molecule has 0 unspecified atom stereocenters. The van der Waals surface area contributed by atoms with Gasteiger partial charge in [-0.2, -0.15) is 13.2 Å². The standard InChI is InChI=1S/C15H20ClF3N2.ClH/c1-2-4-13(21-9-7-20-8-10-21)11-5-3-6-12(14(11)16)15(17,18)19;/h3,5-6,13,20H,2,4,7-10H2,1H3;1H/t13-;/m1./s1. The maximum Gasteiger partial charge on any atom is 0.417 e. The monoisotopic (exact) mass is 356 g/mol. The molecule has 0 radical (unpaired) electrons. The summed E-state index contributed by atoms with van der Waals surface area (Å²) in [5, 5.41) is 3.11. The summed E-state index contributed by atoms with van der Waals surface area (Å²) >= 11 is 6.08. The van der Waals surface area contributed by atoms with Crippen LogP contribution in [0.25, 0.3) is 0 Å². The lowest BCUT2D eigenvalue weighted by atomic mass is 9.97. The first kappa shape index (κ1) is 19.6. The molecule has 126 valence electrons. The number of rotatable bonds is 4. The number of nitrogens with zero attached hydrogens (tertiary/aromatic N) is 1. The van der Waals surface area contributed by atoms with Crippen molar-refractivity contribution in [2.45, 2.75) is 32.0 Å². The Morgan fingerprint density at radius 2 is 1.91 bits per heavy atom. The normalized spacial score (nSPS) is 17.9. The van der Waals surface area contributed by atoms with E-state index in [-0.39, 0.29) is 23.5 Å². The number of benzene rings is 1. The molecule has 1 aliphatic rings. The fraction of sp³-hybridized carbons (Fsp3) is 0.600. The van der Waals surface area contributed by atoms with Crippen molar-refractivity contribution in [2.75, 3.05) is 26.2 Å². The summed E-state index contributed by atoms with van der Waals surface area (Å²) in [6, 6.07) is 4.17. The second-order valence-electron chi connectivity index (χ2n) is 5.30. The predicted molar refractivity (Wildman–Crippen MR) is 85.8 cm³/mol. The van der Waals surface area contributed by atoms with Crippen molar-refractivity contribution in [1.29, 1.82) is 0 Å². The van der Waals surface area contributed by atoms with Crippen molar-refractivity contribution in [3.8, 4) is 0 Å². The molecule has 0 aliphatic carbocycles. The molecule has 0 bridgehead atoms. The third-order valence-corrected chi connectivity index (χ3v) is 4.27. The zero-order valence-corrected chi connectivity index (χ0v) is 14.0. The summed E-state index contributed by atoms with van der Waals surface area (Å²) in [7, 11) is 0. The molecular formula is C15H21Cl2F3N2. The molecule has 1 atom stereocenters. The molecular weight excluding hydrogens is 336 g/mol. The molecule has 1 aromatic rings. The Hall–Kier alpha value is -0.490. The fourth-order valence-corrected chi connectivity index (χ4v) is 3.19. The quantitative estimate of drug-likeness (QED) is 0.852. The Bertz CT molecular complexity index is 474. The van der Waals surface area contributed by atoms with E-state index in [1.807, 2.05) is 6.92 Å². The van der Waals surface area contributed by atoms with E-state index < -0.39 is 11.7 Å². The second-order valence-corrected chi connectivity index (χ2v) is 5.67. The lowest BCUT2D eigenvalue weighted by molar-refractivity contribution is -0.137. The topological polar surface area (TPSA) is 15.3 Å². The molecule has 1 fully saturated rings. The molecule has 0 aromatic heterocycles. The van der Waals surface area contributed by atoms with E-state index in [1.165, 1.54) is 6.07 Å². The largest absolute Gasteiger partial charge is 0.417 e. The first-order valence-corrected chi connectivity index (χ1v) is 7.63. The smallest absolute Gasteiger partial charge is 0.314 e. The highest BCUT2D eigenvalue weighted by atomic mass is 35.5. The van der Waals surface area contributed by atoms with E-state index in [0.717, 1.165) is 45.1 Å². The van der Waals surface area contributed by atoms with Crippen molar-refractivity contribution in [3.63, 3.8) is 0 Å². The van der Waals surface area contributed by atoms with Gasteiger partial charge in [0.1, 0.15) is 0 Å². The Morgan fingerprint density at radius 3 is 2.45 bits per heavy atom. The lowest BCUT2D eigenvalue weighted by Crippen LogP contribution is -2.45. The van der Waals surface area contributed by atoms with Gasteiger partial charge < -0.3 is 5.32 Å². The number of hydrogen-bond acceptors (Lipinski definition) is 2. The van der Waals surface area contributed by atoms with Crippen molar-refractivity contribution in [1.82, 2.24) is 10.2 Å². The predicted octanol–water partition coefficient (Wildman–Crippen LogP) is 4.53. The van der Waals surface area contributed by atoms with E-state index in [1.54, 1.807) is 6.07 Å². The highest BCUT2D eigenvalue weighted by Crippen LogP contribution is 2.40. The van der Waals surface area contributed by atoms with Crippen LogP contribution < -0.4 is 5.32 Å². The van der Waals surface area contributed by atoms with Gasteiger partial charge in [0, 0.05) is 32.2 Å². The van der Waals surface area contributed by atoms with E-state index >= 15 is 0 Å². The number of hydrogen-bond donors (Lipinski definition) is 1. The zero-order valence-electron chi connectivity index (χ0n) is 12.4. The summed E-state index contributed by atoms with van der Waals surface area (Å²) in [4.78, 5) is 2.22. The molecule has 0 spiro atoms. The fourth-order valence-electron chi connectivity index (χ4n) is 2.83. The first-order valence-electron chi connectivity index (χ1n) is 7.25. The van der Waals surface area contributed by atoms with Gasteiger partial charge >= 0.3 is 6.18 Å². The lowest BCUT2D eigenvalue weighted by Gasteiger charge is -2.36. The van der Waals surface area contributed by atoms with Crippen LogP contribution in [-0.2, 0) is 6.18 Å². The van der Waals surface area contributed by atoms with Gasteiger partial charge in [0.2, 0.25) is 0 Å². The minimum absolute atomic E-state index is 0. The highest BCUT2D eigenvalue weighted by molar-refractivity contribution is 6.32. The molecule has 1 saturated heterocycles. The van der Waals surface area contributed by atoms with E-state index in [4.69, 9.17) is 11.6 Å². The van der Waals surface area contributed by atoms with Crippen molar-refractivity contribution < 1.29 is 13.2 Å². The molecule has 1 aliphatic heterocycles. The molecule has 0 amide bonds. The van der Waals surface area contributed by atoms with Crippen molar-refractivity contribution in [2.24, 2.45) is 0 Å². The van der Waals surface area contributed by atoms with Gasteiger partial charge in [-0.15, -0.1) is 12.4 Å². The van der Waals surface area contributed by atoms with Gasteiger partial charge in [-0.05, 0) is 18.1 Å². The van der Waals surface area contributed by atoms with Gasteiger partial charge in [-0.1, -0.05) is 37.1 Å². The summed E-state index contributed by atoms with van der Waals surface area (Å²) < 4.78 is 39.0. The Labute approximate surface area is 140 Å². The average Bonchev–Trinajstić information content (AvgIpc) is 2.45. The molecule has 1 aromatic carbocycles. The second kappa shape index (κ2) is 8.39. The summed E-state index contributed by atoms with van der Waals surface area (Å²) in [5.74, 6) is 0. The van der Waals surface area contributed by atoms with Crippen molar-refractivity contribution in [3.05, 3.63) is 34.3 Å². The number of piperazine rings is 1. The number of alkyl halides is 3. The van der Waals surface area contributed by atoms with Crippen LogP contribution >= 0.6 is 24.0 Å². The number of nitrogens with one attached hydrogen (secondary N) is 1. The highest BCUT2D eigenvalue weighted by Gasteiger charge is 2.35. The molecule has 1 heterocycles. The van der Waals surface area contributed by atoms with Crippen LogP contribution in [0.2, 0.25) is 5.02 Å². The zero-order chi connectivity index (χ0) is 15.5. The van der Waals surface area contributed by atoms with Gasteiger partial charge in [-0.25, -0.2) is 0 Å². The van der Waals surface area contributed by atoms with Crippen molar-refractivity contribution >= 4 is 24.0 Å². The van der Waals surface area contributed by atoms with Crippen LogP contribution in [0.15, 0.2) is 18.2 Å². The molecule has 1 N–H and O–H groups in total. The van der Waals surface area contributed by atoms with Crippen LogP contribution in [0.4, 0.5) is 13.2 Å². The van der Waals surface area contributed by atoms with E-state index in [9.17, 15) is 13.2 Å². The first-order chi connectivity index (χ1) is 9.95. The molecule has 2 rings (SSSR count). The minimum atomic E-state index is -4.41. The van der Waals surface area contributed by atoms with E-state index in [2.05, 4.69) is 10.2 Å². The SMILES string of the molecule is CCC[C@H](c1cccc(C(F)(F)F)c1Cl)N1CCNCC1.Cl. The van der Waals surface area contributed by atoms with Crippen LogP contribution in [0, 0.1) is 0 Å². The summed E-state index contributed by atoms with van der Waals surface area (Å²) in [6.07, 6.45) is -2.70. The van der Waals surface area contributed by atoms with Crippen LogP contribution in [-0.4, -0.2) is 31.1 Å². The van der Waals surface area contributed by atoms with Crippen LogP contribution in [0.1, 0.15) is 36.9 Å². The molecule has 7 heteroatoms. The molecule has 22 heavy (non-hydrogen) atoms. The van der Waals surface area contributed by atoms with Gasteiger partial charge in [0.15, 0.2) is 0 Å². The van der Waals surface area contributed by atoms with Crippen LogP contribution in [0.3, 0.4) is 0 Å². The maximum atomic E-state index is 13.0. The van der Waals surface area contributed by atoms with Crippen LogP contribution in [0.5, 0.6) is 0 Å². The Kier molecular flexibility index (Phi) is 7.46. The maximum absolute atomic E-state index is 13.0. The third-order valence-electron chi connectivity index (χ3n) is 3.85. The Morgan fingerprint density at radius 1 is 1.27 bits per heavy atom. The molecule has 0 saturated carbocycles. The minimum Gasteiger partial charge on any atom is -0.314 e. The van der Waals surface area contributed by atoms with Gasteiger partial charge in [0.05, 0.1) is 10.6 Å². The summed E-state index contributed by atoms with van der Waals surface area (Å²) in [6.45, 7) is 5.42. The van der Waals surface area contributed by atoms with Gasteiger partial charge in [-0.3, -0.25) is 4.90 Å². The molecule has 2 nitrogen and oxygen atoms in total. The van der Waals surface area contributed by atoms with Gasteiger partial charge in [0.25, 0.3) is 0 Å². The summed E-state index contributed by atoms with van der Waals surface area (Å²) in [5.41, 5.74) is -0.145.